The van der Waals surface area contributed by atoms with Gasteiger partial charge < -0.3 is 24.2 Å². The average molecular weight is 1280 g/mol. The standard InChI is InChI=1S/C89H62BN3O2S2/c1-88(2,3)63-53-66(57-26-8-4-9-27-57)87(67(54-63)58-28-10-5-11-29-58)93-76-55-64(91-72-35-17-22-40-82(72)96-83-41-23-18-36-73(83)91)45-47-70(76)90-71-48-46-65(92-74-37-19-24-42-84(74)97-85-43-25-20-38-75(85)92)56-80(71)95-81-52-60(51-77(93)86(81)90)59-44-49-79-69(50-59)89(61-30-12-6-13-31-61,62-32-14-7-15-33-62)68-34-16-21-39-78(68)94-79/h4-56H,1-3H3. The van der Waals surface area contributed by atoms with Crippen LogP contribution < -0.4 is 40.6 Å². The lowest BCUT2D eigenvalue weighted by atomic mass is 9.34. The molecular weight excluding hydrogens is 1220 g/mol. The highest BCUT2D eigenvalue weighted by atomic mass is 32.2. The van der Waals surface area contributed by atoms with Crippen molar-refractivity contribution in [2.24, 2.45) is 0 Å². The Hall–Kier alpha value is -11.2. The Labute approximate surface area is 575 Å². The van der Waals surface area contributed by atoms with E-state index in [0.29, 0.717) is 0 Å². The number of para-hydroxylation sites is 5. The van der Waals surface area contributed by atoms with Gasteiger partial charge in [-0.15, -0.1) is 0 Å². The molecule has 97 heavy (non-hydrogen) atoms. The lowest BCUT2D eigenvalue weighted by Crippen LogP contribution is -2.59. The SMILES string of the molecule is CC(C)(C)c1cc(-c2ccccc2)c(N2c3cc(N4c5ccccc5Sc5ccccc54)ccc3B3c4ccc(N5c6ccccc6Sc6ccccc65)cc4Oc4cc(-c5ccc6c(c5)C(c5ccccc5)(c5ccccc5)c5ccccc5O6)cc2c43)c(-c2ccccc2)c1. The number of ether oxygens (including phenoxy) is 2. The molecule has 0 amide bonds. The highest BCUT2D eigenvalue weighted by Gasteiger charge is 2.48. The molecule has 0 bridgehead atoms. The van der Waals surface area contributed by atoms with Crippen LogP contribution in [0.1, 0.15) is 48.6 Å². The molecule has 0 aliphatic carbocycles. The fraction of sp³-hybridized carbons (Fsp3) is 0.0562. The van der Waals surface area contributed by atoms with E-state index in [2.05, 4.69) is 357 Å². The van der Waals surface area contributed by atoms with Gasteiger partial charge in [-0.05, 0) is 170 Å². The third-order valence-electron chi connectivity index (χ3n) is 20.1. The van der Waals surface area contributed by atoms with E-state index in [1.54, 1.807) is 0 Å². The summed E-state index contributed by atoms with van der Waals surface area (Å²) in [5.41, 5.74) is 24.6. The fourth-order valence-corrected chi connectivity index (χ4v) is 17.9. The second kappa shape index (κ2) is 22.5. The summed E-state index contributed by atoms with van der Waals surface area (Å²) in [6.45, 7) is 6.75. The van der Waals surface area contributed by atoms with Crippen LogP contribution in [0, 0.1) is 0 Å². The fourth-order valence-electron chi connectivity index (χ4n) is 15.7. The Kier molecular flexibility index (Phi) is 13.3. The summed E-state index contributed by atoms with van der Waals surface area (Å²) >= 11 is 3.65. The Balaban J connectivity index is 0.923. The van der Waals surface area contributed by atoms with Gasteiger partial charge in [-0.3, -0.25) is 0 Å². The van der Waals surface area contributed by atoms with Gasteiger partial charge in [0.15, 0.2) is 0 Å². The van der Waals surface area contributed by atoms with Crippen molar-refractivity contribution in [1.82, 2.24) is 0 Å². The number of anilines is 9. The molecule has 0 saturated heterocycles. The summed E-state index contributed by atoms with van der Waals surface area (Å²) in [7, 11) is 0. The van der Waals surface area contributed by atoms with E-state index in [9.17, 15) is 0 Å². The van der Waals surface area contributed by atoms with E-state index in [1.165, 1.54) is 30.6 Å². The second-order valence-electron chi connectivity index (χ2n) is 26.7. The molecule has 0 atom stereocenters. The van der Waals surface area contributed by atoms with Crippen LogP contribution in [0.4, 0.5) is 51.2 Å². The van der Waals surface area contributed by atoms with E-state index in [1.807, 2.05) is 23.5 Å². The van der Waals surface area contributed by atoms with Crippen molar-refractivity contribution in [3.8, 4) is 56.4 Å². The molecule has 0 spiro atoms. The summed E-state index contributed by atoms with van der Waals surface area (Å²) in [6, 6.07) is 119. The van der Waals surface area contributed by atoms with E-state index < -0.39 is 5.41 Å². The molecule has 0 N–H and O–H groups in total. The molecule has 14 aromatic rings. The predicted octanol–water partition coefficient (Wildman–Crippen LogP) is 22.7. The van der Waals surface area contributed by atoms with Crippen LogP contribution in [0.25, 0.3) is 33.4 Å². The summed E-state index contributed by atoms with van der Waals surface area (Å²) in [5.74, 6) is 3.27. The Morgan fingerprint density at radius 2 is 0.784 bits per heavy atom. The van der Waals surface area contributed by atoms with Crippen LogP contribution in [0.5, 0.6) is 23.0 Å². The van der Waals surface area contributed by atoms with Crippen LogP contribution >= 0.6 is 23.5 Å². The predicted molar refractivity (Wildman–Crippen MR) is 403 cm³/mol. The maximum atomic E-state index is 7.83. The molecule has 0 aromatic heterocycles. The summed E-state index contributed by atoms with van der Waals surface area (Å²) in [5, 5.41) is 0. The molecule has 0 unspecified atom stereocenters. The molecule has 5 aliphatic rings. The van der Waals surface area contributed by atoms with E-state index in [-0.39, 0.29) is 12.1 Å². The maximum Gasteiger partial charge on any atom is 0.256 e. The van der Waals surface area contributed by atoms with Crippen molar-refractivity contribution in [2.75, 3.05) is 14.7 Å². The number of hydrogen-bond donors (Lipinski definition) is 0. The van der Waals surface area contributed by atoms with Crippen molar-refractivity contribution in [1.29, 1.82) is 0 Å². The van der Waals surface area contributed by atoms with Gasteiger partial charge in [0.05, 0.1) is 33.9 Å². The molecule has 8 heteroatoms. The highest BCUT2D eigenvalue weighted by molar-refractivity contribution is 8.00. The van der Waals surface area contributed by atoms with Gasteiger partial charge >= 0.3 is 0 Å². The molecule has 0 fully saturated rings. The van der Waals surface area contributed by atoms with Crippen molar-refractivity contribution in [3.05, 3.63) is 349 Å². The van der Waals surface area contributed by atoms with E-state index >= 15 is 0 Å². The third-order valence-corrected chi connectivity index (χ3v) is 22.4. The molecule has 5 heterocycles. The topological polar surface area (TPSA) is 28.2 Å². The average Bonchev–Trinajstić information content (AvgIpc) is 0.702. The van der Waals surface area contributed by atoms with E-state index in [4.69, 9.17) is 9.47 Å². The molecule has 5 nitrogen and oxygen atoms in total. The first-order valence-corrected chi connectivity index (χ1v) is 34.9. The molecule has 19 rings (SSSR count). The summed E-state index contributed by atoms with van der Waals surface area (Å²) in [4.78, 5) is 12.3. The number of rotatable bonds is 8. The molecule has 5 aliphatic heterocycles. The number of hydrogen-bond acceptors (Lipinski definition) is 7. The van der Waals surface area contributed by atoms with Crippen LogP contribution in [0.2, 0.25) is 0 Å². The van der Waals surface area contributed by atoms with Crippen molar-refractivity contribution >= 4 is 97.8 Å². The van der Waals surface area contributed by atoms with Crippen LogP contribution in [0.3, 0.4) is 0 Å². The van der Waals surface area contributed by atoms with Crippen molar-refractivity contribution < 1.29 is 9.47 Å². The summed E-state index contributed by atoms with van der Waals surface area (Å²) in [6.07, 6.45) is 0. The van der Waals surface area contributed by atoms with Gasteiger partial charge in [0.25, 0.3) is 6.71 Å². The Bertz CT molecular complexity index is 5310. The van der Waals surface area contributed by atoms with E-state index in [0.717, 1.165) is 141 Å². The third kappa shape index (κ3) is 9.11. The van der Waals surface area contributed by atoms with Gasteiger partial charge in [-0.25, -0.2) is 0 Å². The first-order chi connectivity index (χ1) is 47.7. The van der Waals surface area contributed by atoms with Gasteiger partial charge in [0.1, 0.15) is 23.0 Å². The molecule has 0 saturated carbocycles. The number of fused-ring (bicyclic) bond motifs is 10. The molecular formula is C89H62BN3O2S2. The summed E-state index contributed by atoms with van der Waals surface area (Å²) < 4.78 is 14.9. The van der Waals surface area contributed by atoms with Gasteiger partial charge in [-0.1, -0.05) is 251 Å². The lowest BCUT2D eigenvalue weighted by Gasteiger charge is -2.43. The van der Waals surface area contributed by atoms with Gasteiger partial charge in [0, 0.05) is 70.7 Å². The van der Waals surface area contributed by atoms with Crippen LogP contribution in [-0.2, 0) is 10.8 Å². The first kappa shape index (κ1) is 57.3. The maximum absolute atomic E-state index is 7.83. The minimum Gasteiger partial charge on any atom is -0.458 e. The minimum absolute atomic E-state index is 0.200. The normalized spacial score (nSPS) is 14.0. The highest BCUT2D eigenvalue weighted by Crippen LogP contribution is 2.59. The lowest BCUT2D eigenvalue weighted by molar-refractivity contribution is 0.434. The minimum atomic E-state index is -0.748. The quantitative estimate of drug-likeness (QED) is 0.140. The van der Waals surface area contributed by atoms with Crippen molar-refractivity contribution in [3.63, 3.8) is 0 Å². The molecule has 14 aromatic carbocycles. The zero-order valence-corrected chi connectivity index (χ0v) is 55.3. The smallest absolute Gasteiger partial charge is 0.256 e. The van der Waals surface area contributed by atoms with Crippen molar-refractivity contribution in [2.45, 2.75) is 51.2 Å². The Morgan fingerprint density at radius 1 is 0.320 bits per heavy atom. The van der Waals surface area contributed by atoms with Gasteiger partial charge in [-0.2, -0.15) is 0 Å². The largest absolute Gasteiger partial charge is 0.458 e. The second-order valence-corrected chi connectivity index (χ2v) is 28.8. The van der Waals surface area contributed by atoms with Gasteiger partial charge in [0.2, 0.25) is 0 Å². The number of benzene rings is 14. The first-order valence-electron chi connectivity index (χ1n) is 33.3. The monoisotopic (exact) mass is 1280 g/mol. The molecule has 460 valence electrons. The van der Waals surface area contributed by atoms with Crippen LogP contribution in [-0.4, -0.2) is 6.71 Å². The Morgan fingerprint density at radius 3 is 1.33 bits per heavy atom. The zero-order valence-electron chi connectivity index (χ0n) is 53.7. The molecule has 0 radical (unpaired) electrons. The number of nitrogens with zero attached hydrogens (tertiary/aromatic N) is 3. The zero-order chi connectivity index (χ0) is 64.5. The van der Waals surface area contributed by atoms with Crippen LogP contribution in [0.15, 0.2) is 341 Å².